The molecule has 1 amide bonds. The minimum atomic E-state index is -5.44. The van der Waals surface area contributed by atoms with Gasteiger partial charge < -0.3 is 56.0 Å². The first kappa shape index (κ1) is 31.1. The number of ether oxygens (including phenoxy) is 1. The molecule has 1 fully saturated rings. The summed E-state index contributed by atoms with van der Waals surface area (Å²) in [5.74, 6) is -1.64. The van der Waals surface area contributed by atoms with E-state index in [1.54, 1.807) is 0 Å². The highest BCUT2D eigenvalue weighted by atomic mass is 31.3. The van der Waals surface area contributed by atoms with Crippen LogP contribution in [0.3, 0.4) is 0 Å². The Morgan fingerprint density at radius 2 is 1.56 bits per heavy atom. The van der Waals surface area contributed by atoms with Gasteiger partial charge in [0.2, 0.25) is 5.91 Å². The molecule has 1 aliphatic heterocycles. The highest BCUT2D eigenvalue weighted by Crippen LogP contribution is 2.59. The van der Waals surface area contributed by atoms with E-state index >= 15 is 0 Å². The largest absolute Gasteiger partial charge is 0.483 e. The predicted octanol–water partition coefficient (Wildman–Crippen LogP) is -3.57. The molecule has 0 radical (unpaired) electrons. The minimum Gasteiger partial charge on any atom is -0.480 e. The van der Waals surface area contributed by atoms with Gasteiger partial charge in [0.1, 0.15) is 24.4 Å². The van der Waals surface area contributed by atoms with E-state index in [1.807, 2.05) is 0 Å². The highest BCUT2D eigenvalue weighted by molar-refractivity contribution is 7.60. The molecule has 6 atom stereocenters. The molecule has 0 aromatic rings. The molecule has 1 heterocycles. The number of aliphatic carboxylic acids is 1. The quantitative estimate of drug-likeness (QED) is 0.114. The number of carboxylic acids is 1. The first-order valence-electron chi connectivity index (χ1n) is 8.01. The van der Waals surface area contributed by atoms with Gasteiger partial charge in [-0.2, -0.15) is 4.31 Å². The van der Waals surface area contributed by atoms with Gasteiger partial charge in [-0.15, -0.1) is 0 Å². The molecule has 1 aliphatic rings. The summed E-state index contributed by atoms with van der Waals surface area (Å²) >= 11 is 0. The van der Waals surface area contributed by atoms with E-state index in [2.05, 4.69) is 18.1 Å². The molecule has 1 rings (SSSR count). The molecule has 0 spiro atoms. The average molecular weight is 536 g/mol. The zero-order valence-corrected chi connectivity index (χ0v) is 18.4. The van der Waals surface area contributed by atoms with Crippen LogP contribution >= 0.6 is 23.5 Å². The molecular weight excluding hydrogens is 513 g/mol. The molecule has 19 nitrogen and oxygen atoms in total. The molecule has 12 N–H and O–H groups in total. The van der Waals surface area contributed by atoms with Crippen LogP contribution in [0.4, 0.5) is 0 Å². The van der Waals surface area contributed by atoms with E-state index in [4.69, 9.17) is 46.1 Å². The van der Waals surface area contributed by atoms with Crippen molar-refractivity contribution in [2.24, 2.45) is 11.5 Å². The molecule has 3 unspecified atom stereocenters. The fourth-order valence-corrected chi connectivity index (χ4v) is 4.12. The molecule has 0 aromatic heterocycles. The Balaban J connectivity index is 0.000000809. The third-order valence-electron chi connectivity index (χ3n) is 3.20. The number of nitrogens with two attached hydrogens (primary N) is 2. The van der Waals surface area contributed by atoms with Crippen LogP contribution in [0.1, 0.15) is 12.8 Å². The Labute approximate surface area is 178 Å². The monoisotopic (exact) mass is 536 g/mol. The number of amides is 1. The summed E-state index contributed by atoms with van der Waals surface area (Å²) in [5, 5.41) is 26.7. The van der Waals surface area contributed by atoms with Crippen LogP contribution in [0.15, 0.2) is 0 Å². The minimum absolute atomic E-state index is 0.0213. The number of phosphoric acid groups is 3. The second-order valence-corrected chi connectivity index (χ2v) is 9.85. The number of phosphoric ester groups is 2. The number of aliphatic hydroxyl groups excluding tert-OH is 2. The van der Waals surface area contributed by atoms with Crippen molar-refractivity contribution in [3.05, 3.63) is 0 Å². The van der Waals surface area contributed by atoms with Crippen molar-refractivity contribution < 1.29 is 81.2 Å². The van der Waals surface area contributed by atoms with Gasteiger partial charge in [0.15, 0.2) is 6.29 Å². The molecule has 0 aromatic carbocycles. The smallest absolute Gasteiger partial charge is 0.480 e. The number of carbonyl (C=O) groups is 2. The van der Waals surface area contributed by atoms with Gasteiger partial charge in [0.05, 0.1) is 6.61 Å². The summed E-state index contributed by atoms with van der Waals surface area (Å²) in [5.41, 5.74) is 9.81. The lowest BCUT2D eigenvalue weighted by molar-refractivity contribution is -0.138. The van der Waals surface area contributed by atoms with Crippen molar-refractivity contribution in [3.8, 4) is 0 Å². The Morgan fingerprint density at radius 1 is 1.03 bits per heavy atom. The van der Waals surface area contributed by atoms with Gasteiger partial charge in [0, 0.05) is 6.42 Å². The van der Waals surface area contributed by atoms with Crippen molar-refractivity contribution in [1.29, 1.82) is 0 Å². The van der Waals surface area contributed by atoms with Gasteiger partial charge in [-0.05, 0) is 6.42 Å². The maximum atomic E-state index is 11.3. The highest BCUT2D eigenvalue weighted by Gasteiger charge is 2.51. The van der Waals surface area contributed by atoms with Gasteiger partial charge in [0.25, 0.3) is 0 Å². The second kappa shape index (κ2) is 12.6. The van der Waals surface area contributed by atoms with Crippen molar-refractivity contribution in [2.45, 2.75) is 43.5 Å². The van der Waals surface area contributed by atoms with Crippen LogP contribution in [0.2, 0.25) is 0 Å². The number of hydrogen-bond acceptors (Lipinski definition) is 12. The normalized spacial score (nSPS) is 26.5. The van der Waals surface area contributed by atoms with Crippen LogP contribution in [0.5, 0.6) is 0 Å². The first-order chi connectivity index (χ1) is 14.3. The summed E-state index contributed by atoms with van der Waals surface area (Å²) in [4.78, 5) is 63.4. The SMILES string of the molecule is NC(=O)CCC(N)C(=O)O.O=P(O)(O)O[C@H]1C(OP(=O)(O)OP(=O)(O)O)O[C@H](CO)[C@H]1O. The van der Waals surface area contributed by atoms with Crippen LogP contribution in [0, 0.1) is 0 Å². The molecule has 190 valence electrons. The maximum Gasteiger partial charge on any atom is 0.483 e. The number of rotatable bonds is 11. The Hall–Kier alpha value is -0.850. The molecular formula is C10H23N2O17P3. The summed E-state index contributed by atoms with van der Waals surface area (Å²) in [6.45, 7) is -0.878. The van der Waals surface area contributed by atoms with Crippen molar-refractivity contribution >= 4 is 35.3 Å². The molecule has 0 saturated carbocycles. The fraction of sp³-hybridized carbons (Fsp3) is 0.800. The van der Waals surface area contributed by atoms with Crippen LogP contribution in [-0.2, 0) is 41.4 Å². The molecule has 32 heavy (non-hydrogen) atoms. The van der Waals surface area contributed by atoms with E-state index in [-0.39, 0.29) is 12.8 Å². The lowest BCUT2D eigenvalue weighted by Gasteiger charge is -2.22. The van der Waals surface area contributed by atoms with Crippen molar-refractivity contribution in [3.63, 3.8) is 0 Å². The number of hydrogen-bond donors (Lipinski definition) is 10. The third kappa shape index (κ3) is 13.0. The molecule has 0 bridgehead atoms. The number of primary amides is 1. The van der Waals surface area contributed by atoms with Crippen LogP contribution in [0.25, 0.3) is 0 Å². The van der Waals surface area contributed by atoms with E-state index < -0.39 is 72.6 Å². The number of carbonyl (C=O) groups excluding carboxylic acids is 1. The first-order valence-corrected chi connectivity index (χ1v) is 12.6. The van der Waals surface area contributed by atoms with E-state index in [0.29, 0.717) is 0 Å². The standard InChI is InChI=1S/C5H10N2O3.C5H13O14P3/c6-3(5(9)10)1-2-4(7)8;6-1-2-3(7)4(17-20(8,9)10)5(16-2)18-22(14,15)19-21(11,12)13/h3H,1-2,6H2,(H2,7,8)(H,9,10);2-7H,1H2,(H,14,15)(H2,8,9,10)(H2,11,12,13)/t;2-,3-,4-,5?/m.1/s1. The van der Waals surface area contributed by atoms with Gasteiger partial charge >= 0.3 is 29.4 Å². The molecule has 0 aliphatic carbocycles. The topological polar surface area (TPSA) is 336 Å². The zero-order valence-electron chi connectivity index (χ0n) is 15.8. The van der Waals surface area contributed by atoms with Crippen LogP contribution in [-0.4, -0.2) is 88.9 Å². The third-order valence-corrected chi connectivity index (χ3v) is 5.87. The summed E-state index contributed by atoms with van der Waals surface area (Å²) < 4.78 is 49.0. The Kier molecular flexibility index (Phi) is 12.2. The van der Waals surface area contributed by atoms with Gasteiger partial charge in [-0.1, -0.05) is 0 Å². The van der Waals surface area contributed by atoms with E-state index in [0.717, 1.165) is 0 Å². The average Bonchev–Trinajstić information content (AvgIpc) is 2.84. The number of aliphatic hydroxyl groups is 2. The zero-order chi connectivity index (χ0) is 25.5. The van der Waals surface area contributed by atoms with Crippen molar-refractivity contribution in [2.75, 3.05) is 6.61 Å². The van der Waals surface area contributed by atoms with Gasteiger partial charge in [-0.3, -0.25) is 18.6 Å². The summed E-state index contributed by atoms with van der Waals surface area (Å²) in [6.07, 6.45) is -7.46. The summed E-state index contributed by atoms with van der Waals surface area (Å²) in [7, 11) is -16.1. The summed E-state index contributed by atoms with van der Waals surface area (Å²) in [6, 6.07) is -0.979. The molecule has 1 saturated heterocycles. The second-order valence-electron chi connectivity index (χ2n) is 5.87. The predicted molar refractivity (Wildman–Crippen MR) is 96.7 cm³/mol. The lowest BCUT2D eigenvalue weighted by atomic mass is 10.1. The fourth-order valence-electron chi connectivity index (χ4n) is 1.92. The van der Waals surface area contributed by atoms with E-state index in [1.165, 1.54) is 0 Å². The Morgan fingerprint density at radius 3 is 1.94 bits per heavy atom. The van der Waals surface area contributed by atoms with Gasteiger partial charge in [-0.25, -0.2) is 13.7 Å². The van der Waals surface area contributed by atoms with Crippen molar-refractivity contribution in [1.82, 2.24) is 0 Å². The lowest BCUT2D eigenvalue weighted by Crippen LogP contribution is -2.36. The van der Waals surface area contributed by atoms with Crippen LogP contribution < -0.4 is 11.5 Å². The van der Waals surface area contributed by atoms with E-state index in [9.17, 15) is 28.4 Å². The molecule has 22 heteroatoms. The Bertz CT molecular complexity index is 781. The maximum absolute atomic E-state index is 11.3. The number of carboxylic acid groups (broad SMARTS) is 1.